The van der Waals surface area contributed by atoms with Crippen LogP contribution in [-0.2, 0) is 0 Å². The number of amides is 1. The normalized spacial score (nSPS) is 12.5. The predicted molar refractivity (Wildman–Crippen MR) is 68.7 cm³/mol. The molecule has 0 spiro atoms. The van der Waals surface area contributed by atoms with E-state index in [0.717, 1.165) is 12.0 Å². The highest BCUT2D eigenvalue weighted by Crippen LogP contribution is 2.03. The van der Waals surface area contributed by atoms with Crippen molar-refractivity contribution in [1.29, 1.82) is 0 Å². The predicted octanol–water partition coefficient (Wildman–Crippen LogP) is 1.49. The average Bonchev–Trinajstić information content (AvgIpc) is 2.25. The number of aromatic nitrogens is 1. The molecule has 0 aliphatic heterocycles. The van der Waals surface area contributed by atoms with Crippen LogP contribution in [0.25, 0.3) is 0 Å². The van der Waals surface area contributed by atoms with Gasteiger partial charge in [-0.05, 0) is 30.9 Å². The summed E-state index contributed by atoms with van der Waals surface area (Å²) >= 11 is 0. The fourth-order valence-corrected chi connectivity index (χ4v) is 1.69. The third kappa shape index (κ3) is 4.95. The first-order valence-electron chi connectivity index (χ1n) is 5.94. The van der Waals surface area contributed by atoms with Crippen molar-refractivity contribution < 1.29 is 4.79 Å². The molecule has 0 saturated heterocycles. The Morgan fingerprint density at radius 3 is 2.76 bits per heavy atom. The van der Waals surface area contributed by atoms with Crippen LogP contribution in [0.2, 0.25) is 0 Å². The number of carbonyl (C=O) groups excluding carboxylic acids is 1. The van der Waals surface area contributed by atoms with Gasteiger partial charge in [-0.25, -0.2) is 0 Å². The summed E-state index contributed by atoms with van der Waals surface area (Å²) in [5, 5.41) is 2.83. The molecular weight excluding hydrogens is 214 g/mol. The minimum Gasteiger partial charge on any atom is -0.350 e. The molecule has 1 amide bonds. The topological polar surface area (TPSA) is 68.0 Å². The zero-order valence-electron chi connectivity index (χ0n) is 10.7. The molecule has 1 atom stereocenters. The van der Waals surface area contributed by atoms with Gasteiger partial charge in [0.25, 0.3) is 5.91 Å². The van der Waals surface area contributed by atoms with Gasteiger partial charge in [0.15, 0.2) is 0 Å². The van der Waals surface area contributed by atoms with Crippen molar-refractivity contribution in [2.75, 3.05) is 6.54 Å². The summed E-state index contributed by atoms with van der Waals surface area (Å²) in [6.07, 6.45) is 4.20. The van der Waals surface area contributed by atoms with Crippen LogP contribution in [0.3, 0.4) is 0 Å². The molecule has 0 aromatic carbocycles. The van der Waals surface area contributed by atoms with Gasteiger partial charge in [0.05, 0.1) is 5.56 Å². The van der Waals surface area contributed by atoms with E-state index in [-0.39, 0.29) is 11.9 Å². The first-order chi connectivity index (χ1) is 7.99. The van der Waals surface area contributed by atoms with Gasteiger partial charge in [0, 0.05) is 25.0 Å². The third-order valence-corrected chi connectivity index (χ3v) is 2.44. The minimum atomic E-state index is -0.111. The van der Waals surface area contributed by atoms with E-state index in [2.05, 4.69) is 24.1 Å². The SMILES string of the molecule is Cc1cncc(C(=O)NCC(N)CC(C)C)c1. The smallest absolute Gasteiger partial charge is 0.252 e. The third-order valence-electron chi connectivity index (χ3n) is 2.44. The van der Waals surface area contributed by atoms with E-state index in [9.17, 15) is 4.79 Å². The summed E-state index contributed by atoms with van der Waals surface area (Å²) in [7, 11) is 0. The summed E-state index contributed by atoms with van der Waals surface area (Å²) in [5.41, 5.74) is 7.46. The zero-order valence-corrected chi connectivity index (χ0v) is 10.7. The van der Waals surface area contributed by atoms with Gasteiger partial charge < -0.3 is 11.1 Å². The molecule has 3 N–H and O–H groups in total. The molecule has 4 heteroatoms. The Labute approximate surface area is 103 Å². The van der Waals surface area contributed by atoms with Gasteiger partial charge in [0.1, 0.15) is 0 Å². The second kappa shape index (κ2) is 6.35. The molecule has 1 unspecified atom stereocenters. The number of hydrogen-bond donors (Lipinski definition) is 2. The number of aryl methyl sites for hydroxylation is 1. The van der Waals surface area contributed by atoms with Gasteiger partial charge in [0.2, 0.25) is 0 Å². The van der Waals surface area contributed by atoms with E-state index < -0.39 is 0 Å². The maximum Gasteiger partial charge on any atom is 0.252 e. The summed E-state index contributed by atoms with van der Waals surface area (Å²) in [6.45, 7) is 6.65. The number of nitrogens with one attached hydrogen (secondary N) is 1. The molecule has 0 bridgehead atoms. The first kappa shape index (κ1) is 13.6. The quantitative estimate of drug-likeness (QED) is 0.812. The van der Waals surface area contributed by atoms with Crippen LogP contribution < -0.4 is 11.1 Å². The molecule has 1 heterocycles. The lowest BCUT2D eigenvalue weighted by molar-refractivity contribution is 0.0949. The number of pyridine rings is 1. The van der Waals surface area contributed by atoms with Crippen molar-refractivity contribution in [3.63, 3.8) is 0 Å². The van der Waals surface area contributed by atoms with Gasteiger partial charge in [-0.3, -0.25) is 9.78 Å². The number of rotatable bonds is 5. The van der Waals surface area contributed by atoms with Crippen molar-refractivity contribution in [2.24, 2.45) is 11.7 Å². The Morgan fingerprint density at radius 2 is 2.18 bits per heavy atom. The molecule has 1 aromatic heterocycles. The molecule has 0 aliphatic rings. The van der Waals surface area contributed by atoms with E-state index in [1.165, 1.54) is 0 Å². The molecule has 0 aliphatic carbocycles. The maximum atomic E-state index is 11.8. The number of carbonyl (C=O) groups is 1. The van der Waals surface area contributed by atoms with Crippen molar-refractivity contribution >= 4 is 5.91 Å². The van der Waals surface area contributed by atoms with E-state index >= 15 is 0 Å². The maximum absolute atomic E-state index is 11.8. The van der Waals surface area contributed by atoms with Crippen LogP contribution >= 0.6 is 0 Å². The molecular formula is C13H21N3O. The van der Waals surface area contributed by atoms with Crippen LogP contribution in [-0.4, -0.2) is 23.5 Å². The van der Waals surface area contributed by atoms with Gasteiger partial charge >= 0.3 is 0 Å². The lowest BCUT2D eigenvalue weighted by Gasteiger charge is -2.14. The van der Waals surface area contributed by atoms with Gasteiger partial charge in [-0.1, -0.05) is 13.8 Å². The molecule has 0 saturated carbocycles. The minimum absolute atomic E-state index is 0.0109. The van der Waals surface area contributed by atoms with E-state index in [0.29, 0.717) is 18.0 Å². The van der Waals surface area contributed by atoms with Crippen LogP contribution in [0.5, 0.6) is 0 Å². The highest BCUT2D eigenvalue weighted by Gasteiger charge is 2.09. The van der Waals surface area contributed by atoms with Crippen molar-refractivity contribution in [3.05, 3.63) is 29.6 Å². The first-order valence-corrected chi connectivity index (χ1v) is 5.94. The van der Waals surface area contributed by atoms with E-state index in [4.69, 9.17) is 5.73 Å². The highest BCUT2D eigenvalue weighted by atomic mass is 16.1. The Hall–Kier alpha value is -1.42. The van der Waals surface area contributed by atoms with Crippen LogP contribution in [0.4, 0.5) is 0 Å². The van der Waals surface area contributed by atoms with Gasteiger partial charge in [-0.15, -0.1) is 0 Å². The number of hydrogen-bond acceptors (Lipinski definition) is 3. The molecule has 1 rings (SSSR count). The Morgan fingerprint density at radius 1 is 1.47 bits per heavy atom. The number of nitrogens with two attached hydrogens (primary N) is 1. The number of nitrogens with zero attached hydrogens (tertiary/aromatic N) is 1. The van der Waals surface area contributed by atoms with Crippen LogP contribution in [0.15, 0.2) is 18.5 Å². The summed E-state index contributed by atoms with van der Waals surface area (Å²) in [4.78, 5) is 15.8. The van der Waals surface area contributed by atoms with Crippen LogP contribution in [0, 0.1) is 12.8 Å². The lowest BCUT2D eigenvalue weighted by Crippen LogP contribution is -2.38. The van der Waals surface area contributed by atoms with Crippen molar-refractivity contribution in [2.45, 2.75) is 33.2 Å². The molecule has 1 aromatic rings. The second-order valence-corrected chi connectivity index (χ2v) is 4.85. The zero-order chi connectivity index (χ0) is 12.8. The van der Waals surface area contributed by atoms with Gasteiger partial charge in [-0.2, -0.15) is 0 Å². The molecule has 0 radical (unpaired) electrons. The monoisotopic (exact) mass is 235 g/mol. The standard InChI is InChI=1S/C13H21N3O/c1-9(2)4-12(14)8-16-13(17)11-5-10(3)6-15-7-11/h5-7,9,12H,4,8,14H2,1-3H3,(H,16,17). The second-order valence-electron chi connectivity index (χ2n) is 4.85. The Kier molecular flexibility index (Phi) is 5.10. The highest BCUT2D eigenvalue weighted by molar-refractivity contribution is 5.93. The summed E-state index contributed by atoms with van der Waals surface area (Å²) in [5.74, 6) is 0.433. The van der Waals surface area contributed by atoms with Crippen LogP contribution in [0.1, 0.15) is 36.2 Å². The van der Waals surface area contributed by atoms with Crippen molar-refractivity contribution in [1.82, 2.24) is 10.3 Å². The molecule has 0 fully saturated rings. The Bertz CT molecular complexity index is 377. The van der Waals surface area contributed by atoms with Crippen molar-refractivity contribution in [3.8, 4) is 0 Å². The average molecular weight is 235 g/mol. The largest absolute Gasteiger partial charge is 0.350 e. The Balaban J connectivity index is 2.45. The molecule has 4 nitrogen and oxygen atoms in total. The summed E-state index contributed by atoms with van der Waals surface area (Å²) in [6, 6.07) is 1.83. The van der Waals surface area contributed by atoms with E-state index in [1.54, 1.807) is 12.4 Å². The fraction of sp³-hybridized carbons (Fsp3) is 0.538. The fourth-order valence-electron chi connectivity index (χ4n) is 1.69. The summed E-state index contributed by atoms with van der Waals surface area (Å²) < 4.78 is 0. The van der Waals surface area contributed by atoms with E-state index in [1.807, 2.05) is 13.0 Å². The molecule has 17 heavy (non-hydrogen) atoms. The lowest BCUT2D eigenvalue weighted by atomic mass is 10.0. The molecule has 94 valence electrons.